The lowest BCUT2D eigenvalue weighted by molar-refractivity contribution is 0.0121. The van der Waals surface area contributed by atoms with Gasteiger partial charge >= 0.3 is 0 Å². The molecule has 0 amide bonds. The SMILES string of the molecule is [N-]=[N+]=NCCCCCCN1CCC(F)(F)C1. The Labute approximate surface area is 94.2 Å². The molecule has 4 nitrogen and oxygen atoms in total. The van der Waals surface area contributed by atoms with Gasteiger partial charge in [-0.2, -0.15) is 0 Å². The Kier molecular flexibility index (Phi) is 5.49. The predicted octanol–water partition coefficient (Wildman–Crippen LogP) is 3.20. The monoisotopic (exact) mass is 232 g/mol. The summed E-state index contributed by atoms with van der Waals surface area (Å²) in [5.41, 5.74) is 8.04. The Morgan fingerprint density at radius 1 is 1.25 bits per heavy atom. The third-order valence-corrected chi connectivity index (χ3v) is 2.79. The van der Waals surface area contributed by atoms with Crippen LogP contribution in [-0.2, 0) is 0 Å². The number of hydrogen-bond donors (Lipinski definition) is 0. The molecule has 1 fully saturated rings. The standard InChI is InChI=1S/C10H18F2N4/c11-10(12)5-8-16(9-10)7-4-2-1-3-6-14-15-13/h1-9H2. The van der Waals surface area contributed by atoms with E-state index in [9.17, 15) is 8.78 Å². The molecule has 0 aromatic rings. The number of hydrogen-bond acceptors (Lipinski definition) is 2. The first-order valence-corrected chi connectivity index (χ1v) is 5.75. The van der Waals surface area contributed by atoms with Crippen molar-refractivity contribution < 1.29 is 8.78 Å². The summed E-state index contributed by atoms with van der Waals surface area (Å²) in [7, 11) is 0. The van der Waals surface area contributed by atoms with Gasteiger partial charge in [-0.05, 0) is 24.9 Å². The number of unbranched alkanes of at least 4 members (excludes halogenated alkanes) is 3. The van der Waals surface area contributed by atoms with Crippen LogP contribution in [-0.4, -0.2) is 37.0 Å². The molecule has 1 aliphatic rings. The van der Waals surface area contributed by atoms with Gasteiger partial charge in [0.2, 0.25) is 0 Å². The Hall–Kier alpha value is -0.870. The molecule has 0 N–H and O–H groups in total. The molecule has 92 valence electrons. The topological polar surface area (TPSA) is 52.0 Å². The van der Waals surface area contributed by atoms with Gasteiger partial charge in [0.25, 0.3) is 5.92 Å². The van der Waals surface area contributed by atoms with Gasteiger partial charge in [-0.3, -0.25) is 4.90 Å². The smallest absolute Gasteiger partial charge is 0.261 e. The maximum atomic E-state index is 12.8. The van der Waals surface area contributed by atoms with Crippen LogP contribution in [0.25, 0.3) is 10.4 Å². The molecular weight excluding hydrogens is 214 g/mol. The zero-order chi connectivity index (χ0) is 11.9. The van der Waals surface area contributed by atoms with Gasteiger partial charge in [-0.1, -0.05) is 18.0 Å². The van der Waals surface area contributed by atoms with E-state index in [4.69, 9.17) is 5.53 Å². The normalized spacial score (nSPS) is 19.6. The molecule has 0 unspecified atom stereocenters. The number of nitrogens with zero attached hydrogens (tertiary/aromatic N) is 4. The van der Waals surface area contributed by atoms with Gasteiger partial charge in [0.1, 0.15) is 0 Å². The molecule has 0 bridgehead atoms. The molecule has 0 saturated carbocycles. The van der Waals surface area contributed by atoms with E-state index in [1.165, 1.54) is 0 Å². The molecule has 0 aromatic carbocycles. The van der Waals surface area contributed by atoms with Crippen LogP contribution in [0.3, 0.4) is 0 Å². The molecule has 16 heavy (non-hydrogen) atoms. The van der Waals surface area contributed by atoms with Crippen molar-refractivity contribution in [2.24, 2.45) is 5.11 Å². The van der Waals surface area contributed by atoms with Crippen molar-refractivity contribution in [3.8, 4) is 0 Å². The van der Waals surface area contributed by atoms with Gasteiger partial charge in [0.05, 0.1) is 6.54 Å². The lowest BCUT2D eigenvalue weighted by Crippen LogP contribution is -2.26. The van der Waals surface area contributed by atoms with Crippen LogP contribution in [0.2, 0.25) is 0 Å². The first-order chi connectivity index (χ1) is 7.64. The summed E-state index contributed by atoms with van der Waals surface area (Å²) in [6.45, 7) is 1.74. The molecule has 1 saturated heterocycles. The van der Waals surface area contributed by atoms with E-state index < -0.39 is 5.92 Å². The van der Waals surface area contributed by atoms with Crippen LogP contribution in [0, 0.1) is 0 Å². The Balaban J connectivity index is 1.94. The summed E-state index contributed by atoms with van der Waals surface area (Å²) in [6.07, 6.45) is 3.86. The molecular formula is C10H18F2N4. The summed E-state index contributed by atoms with van der Waals surface area (Å²) >= 11 is 0. The lowest BCUT2D eigenvalue weighted by atomic mass is 10.2. The van der Waals surface area contributed by atoms with Crippen LogP contribution < -0.4 is 0 Å². The highest BCUT2D eigenvalue weighted by Crippen LogP contribution is 2.26. The number of halogens is 2. The molecule has 1 heterocycles. The highest BCUT2D eigenvalue weighted by Gasteiger charge is 2.37. The predicted molar refractivity (Wildman–Crippen MR) is 58.5 cm³/mol. The van der Waals surface area contributed by atoms with E-state index in [1.54, 1.807) is 0 Å². The lowest BCUT2D eigenvalue weighted by Gasteiger charge is -2.14. The van der Waals surface area contributed by atoms with Gasteiger partial charge in [-0.15, -0.1) is 0 Å². The highest BCUT2D eigenvalue weighted by molar-refractivity contribution is 4.81. The first kappa shape index (κ1) is 13.2. The average molecular weight is 232 g/mol. The Bertz CT molecular complexity index is 251. The number of alkyl halides is 2. The van der Waals surface area contributed by atoms with Gasteiger partial charge < -0.3 is 0 Å². The summed E-state index contributed by atoms with van der Waals surface area (Å²) in [5.74, 6) is -2.47. The molecule has 1 aliphatic heterocycles. The van der Waals surface area contributed by atoms with E-state index in [2.05, 4.69) is 10.0 Å². The second-order valence-electron chi connectivity index (χ2n) is 4.25. The quantitative estimate of drug-likeness (QED) is 0.288. The third kappa shape index (κ3) is 5.28. The van der Waals surface area contributed by atoms with Crippen molar-refractivity contribution in [1.29, 1.82) is 0 Å². The fourth-order valence-electron chi connectivity index (χ4n) is 1.91. The van der Waals surface area contributed by atoms with Crippen LogP contribution in [0.15, 0.2) is 5.11 Å². The second kappa shape index (κ2) is 6.66. The fourth-order valence-corrected chi connectivity index (χ4v) is 1.91. The van der Waals surface area contributed by atoms with Crippen molar-refractivity contribution in [2.75, 3.05) is 26.2 Å². The molecule has 0 aromatic heterocycles. The summed E-state index contributed by atoms with van der Waals surface area (Å²) in [6, 6.07) is 0. The van der Waals surface area contributed by atoms with Crippen LogP contribution in [0.4, 0.5) is 8.78 Å². The van der Waals surface area contributed by atoms with Gasteiger partial charge in [-0.25, -0.2) is 8.78 Å². The van der Waals surface area contributed by atoms with E-state index in [-0.39, 0.29) is 13.0 Å². The number of likely N-dealkylation sites (tertiary alicyclic amines) is 1. The van der Waals surface area contributed by atoms with Gasteiger partial charge in [0.15, 0.2) is 0 Å². The molecule has 0 aliphatic carbocycles. The highest BCUT2D eigenvalue weighted by atomic mass is 19.3. The summed E-state index contributed by atoms with van der Waals surface area (Å²) in [4.78, 5) is 4.49. The summed E-state index contributed by atoms with van der Waals surface area (Å²) in [5, 5.41) is 3.44. The second-order valence-corrected chi connectivity index (χ2v) is 4.25. The first-order valence-electron chi connectivity index (χ1n) is 5.75. The Morgan fingerprint density at radius 3 is 2.62 bits per heavy atom. The van der Waals surface area contributed by atoms with Crippen LogP contribution >= 0.6 is 0 Å². The maximum absolute atomic E-state index is 12.8. The Morgan fingerprint density at radius 2 is 2.00 bits per heavy atom. The average Bonchev–Trinajstić information content (AvgIpc) is 2.57. The third-order valence-electron chi connectivity index (χ3n) is 2.79. The number of azide groups is 1. The molecule has 1 rings (SSSR count). The van der Waals surface area contributed by atoms with E-state index >= 15 is 0 Å². The van der Waals surface area contributed by atoms with Crippen LogP contribution in [0.5, 0.6) is 0 Å². The summed E-state index contributed by atoms with van der Waals surface area (Å²) < 4.78 is 25.6. The van der Waals surface area contributed by atoms with Crippen molar-refractivity contribution in [3.63, 3.8) is 0 Å². The largest absolute Gasteiger partial charge is 0.297 e. The zero-order valence-corrected chi connectivity index (χ0v) is 9.41. The number of rotatable bonds is 7. The molecule has 0 radical (unpaired) electrons. The van der Waals surface area contributed by atoms with E-state index in [0.717, 1.165) is 32.2 Å². The van der Waals surface area contributed by atoms with Crippen molar-refractivity contribution in [2.45, 2.75) is 38.0 Å². The van der Waals surface area contributed by atoms with Crippen molar-refractivity contribution in [3.05, 3.63) is 10.4 Å². The molecule has 0 spiro atoms. The van der Waals surface area contributed by atoms with E-state index in [1.807, 2.05) is 4.90 Å². The van der Waals surface area contributed by atoms with Crippen LogP contribution in [0.1, 0.15) is 32.1 Å². The molecule has 0 atom stereocenters. The van der Waals surface area contributed by atoms with Crippen molar-refractivity contribution in [1.82, 2.24) is 4.90 Å². The maximum Gasteiger partial charge on any atom is 0.261 e. The molecule has 6 heteroatoms. The minimum absolute atomic E-state index is 0.00385. The fraction of sp³-hybridized carbons (Fsp3) is 1.00. The van der Waals surface area contributed by atoms with Crippen molar-refractivity contribution >= 4 is 0 Å². The minimum Gasteiger partial charge on any atom is -0.297 e. The van der Waals surface area contributed by atoms with Gasteiger partial charge in [0, 0.05) is 24.4 Å². The minimum atomic E-state index is -2.47. The zero-order valence-electron chi connectivity index (χ0n) is 9.41. The van der Waals surface area contributed by atoms with E-state index in [0.29, 0.717) is 13.1 Å².